The Kier molecular flexibility index (Phi) is 64.3. The van der Waals surface area contributed by atoms with Gasteiger partial charge < -0.3 is 14.2 Å². The molecule has 0 aromatic carbocycles. The van der Waals surface area contributed by atoms with Gasteiger partial charge in [0.1, 0.15) is 13.2 Å². The Morgan fingerprint density at radius 1 is 0.259 bits per heavy atom. The second kappa shape index (κ2) is 68.1. The Bertz CT molecular complexity index is 1720. The van der Waals surface area contributed by atoms with Crippen molar-refractivity contribution >= 4 is 17.9 Å². The van der Waals surface area contributed by atoms with E-state index in [2.05, 4.69) is 148 Å². The Morgan fingerprint density at radius 3 is 0.815 bits per heavy atom. The number of esters is 3. The fourth-order valence-corrected chi connectivity index (χ4v) is 9.16. The van der Waals surface area contributed by atoms with Gasteiger partial charge in [0.25, 0.3) is 0 Å². The monoisotopic (exact) mass is 1120 g/mol. The smallest absolute Gasteiger partial charge is 0.306 e. The summed E-state index contributed by atoms with van der Waals surface area (Å²) in [5.74, 6) is -1.01. The molecule has 6 heteroatoms. The summed E-state index contributed by atoms with van der Waals surface area (Å²) in [6, 6.07) is 0. The average Bonchev–Trinajstić information content (AvgIpc) is 3.47. The van der Waals surface area contributed by atoms with Crippen LogP contribution < -0.4 is 0 Å². The first-order valence-electron chi connectivity index (χ1n) is 33.7. The van der Waals surface area contributed by atoms with Crippen molar-refractivity contribution in [3.63, 3.8) is 0 Å². The Labute approximate surface area is 500 Å². The number of carbonyl (C=O) groups is 3. The highest BCUT2D eigenvalue weighted by Crippen LogP contribution is 2.16. The van der Waals surface area contributed by atoms with Crippen LogP contribution >= 0.6 is 0 Å². The van der Waals surface area contributed by atoms with Crippen LogP contribution in [0.15, 0.2) is 134 Å². The standard InChI is InChI=1S/C75H124O6/c1-4-7-10-13-16-19-22-25-28-31-34-35-36-37-38-39-42-44-47-50-53-56-59-62-65-68-74(77)80-71-72(81-75(78)69-66-63-60-57-54-51-48-45-41-33-30-27-24-21-18-15-12-9-6-3)70-79-73(76)67-64-61-58-55-52-49-46-43-40-32-29-26-23-20-17-14-11-8-5-2/h8-9,11-12,17-18,20-21,26-27,29-31,34,40-41,43,45,51,54,60,63,72H,4-7,10,13-16,19,22-25,28,32-33,35-39,42,44,46-50,52-53,55-59,61-62,64-71H2,1-3H3/b11-8-,12-9-,20-17-,21-18-,29-26-,30-27-,34-31-,43-40-,45-41-,54-51-,63-60-. The minimum Gasteiger partial charge on any atom is -0.462 e. The maximum absolute atomic E-state index is 12.9. The normalized spacial score (nSPS) is 13.0. The summed E-state index contributed by atoms with van der Waals surface area (Å²) in [5.41, 5.74) is 0. The van der Waals surface area contributed by atoms with Gasteiger partial charge in [-0.1, -0.05) is 296 Å². The molecule has 81 heavy (non-hydrogen) atoms. The lowest BCUT2D eigenvalue weighted by Crippen LogP contribution is -2.30. The number of carbonyl (C=O) groups excluding carboxylic acids is 3. The molecule has 0 N–H and O–H groups in total. The first kappa shape index (κ1) is 76.5. The van der Waals surface area contributed by atoms with Gasteiger partial charge >= 0.3 is 17.9 Å². The largest absolute Gasteiger partial charge is 0.462 e. The zero-order chi connectivity index (χ0) is 58.5. The minimum absolute atomic E-state index is 0.116. The van der Waals surface area contributed by atoms with Crippen LogP contribution in [0.2, 0.25) is 0 Å². The van der Waals surface area contributed by atoms with Crippen molar-refractivity contribution in [2.24, 2.45) is 0 Å². The lowest BCUT2D eigenvalue weighted by molar-refractivity contribution is -0.166. The van der Waals surface area contributed by atoms with Crippen molar-refractivity contribution in [3.05, 3.63) is 134 Å². The van der Waals surface area contributed by atoms with Crippen molar-refractivity contribution < 1.29 is 28.6 Å². The fraction of sp³-hybridized carbons (Fsp3) is 0.667. The van der Waals surface area contributed by atoms with Gasteiger partial charge in [0, 0.05) is 19.3 Å². The minimum atomic E-state index is -0.831. The number of hydrogen-bond acceptors (Lipinski definition) is 6. The first-order chi connectivity index (χ1) is 40.0. The third-order valence-electron chi connectivity index (χ3n) is 14.1. The molecule has 0 radical (unpaired) electrons. The second-order valence-electron chi connectivity index (χ2n) is 22.0. The molecule has 0 saturated carbocycles. The van der Waals surface area contributed by atoms with Gasteiger partial charge in [-0.05, 0) is 122 Å². The van der Waals surface area contributed by atoms with Crippen molar-refractivity contribution in [1.82, 2.24) is 0 Å². The highest BCUT2D eigenvalue weighted by Gasteiger charge is 2.19. The maximum Gasteiger partial charge on any atom is 0.306 e. The third-order valence-corrected chi connectivity index (χ3v) is 14.1. The molecule has 1 unspecified atom stereocenters. The molecule has 1 atom stereocenters. The summed E-state index contributed by atoms with van der Waals surface area (Å²) in [6.07, 6.45) is 96.2. The Hall–Kier alpha value is -4.45. The van der Waals surface area contributed by atoms with Crippen LogP contribution in [-0.4, -0.2) is 37.2 Å². The lowest BCUT2D eigenvalue weighted by atomic mass is 10.0. The Balaban J connectivity index is 4.46. The van der Waals surface area contributed by atoms with Crippen molar-refractivity contribution in [2.45, 2.75) is 309 Å². The fourth-order valence-electron chi connectivity index (χ4n) is 9.16. The van der Waals surface area contributed by atoms with E-state index in [4.69, 9.17) is 14.2 Å². The number of ether oxygens (including phenoxy) is 3. The van der Waals surface area contributed by atoms with Gasteiger partial charge in [0.2, 0.25) is 0 Å². The summed E-state index contributed by atoms with van der Waals surface area (Å²) in [5, 5.41) is 0. The summed E-state index contributed by atoms with van der Waals surface area (Å²) >= 11 is 0. The molecule has 0 aliphatic heterocycles. The van der Waals surface area contributed by atoms with E-state index in [1.54, 1.807) is 0 Å². The topological polar surface area (TPSA) is 78.9 Å². The summed E-state index contributed by atoms with van der Waals surface area (Å²) < 4.78 is 16.9. The highest BCUT2D eigenvalue weighted by molar-refractivity contribution is 5.71. The summed E-state index contributed by atoms with van der Waals surface area (Å²) in [7, 11) is 0. The molecule has 0 aromatic heterocycles. The molecular weight excluding hydrogens is 997 g/mol. The van der Waals surface area contributed by atoms with Gasteiger partial charge in [0.05, 0.1) is 0 Å². The Morgan fingerprint density at radius 2 is 0.506 bits per heavy atom. The first-order valence-corrected chi connectivity index (χ1v) is 33.7. The number of rotatable bonds is 60. The van der Waals surface area contributed by atoms with Crippen LogP contribution in [0.4, 0.5) is 0 Å². The van der Waals surface area contributed by atoms with Crippen LogP contribution in [0.5, 0.6) is 0 Å². The van der Waals surface area contributed by atoms with Gasteiger partial charge in [-0.25, -0.2) is 0 Å². The molecule has 0 aliphatic carbocycles. The molecule has 0 spiro atoms. The predicted molar refractivity (Wildman–Crippen MR) is 353 cm³/mol. The predicted octanol–water partition coefficient (Wildman–Crippen LogP) is 23.3. The summed E-state index contributed by atoms with van der Waals surface area (Å²) in [4.78, 5) is 38.4. The lowest BCUT2D eigenvalue weighted by Gasteiger charge is -2.18. The molecule has 0 fully saturated rings. The molecule has 0 amide bonds. The van der Waals surface area contributed by atoms with Crippen molar-refractivity contribution in [3.8, 4) is 0 Å². The molecule has 0 heterocycles. The third kappa shape index (κ3) is 66.2. The van der Waals surface area contributed by atoms with Gasteiger partial charge in [-0.15, -0.1) is 0 Å². The van der Waals surface area contributed by atoms with Crippen molar-refractivity contribution in [2.75, 3.05) is 13.2 Å². The van der Waals surface area contributed by atoms with E-state index in [0.29, 0.717) is 19.3 Å². The molecule has 0 rings (SSSR count). The molecule has 0 saturated heterocycles. The second-order valence-corrected chi connectivity index (χ2v) is 22.0. The maximum atomic E-state index is 12.9. The molecule has 0 aliphatic rings. The van der Waals surface area contributed by atoms with Crippen LogP contribution in [0.25, 0.3) is 0 Å². The quantitative estimate of drug-likeness (QED) is 0.0261. The average molecular weight is 1120 g/mol. The van der Waals surface area contributed by atoms with Crippen LogP contribution in [0.3, 0.4) is 0 Å². The SMILES string of the molecule is CC/C=C\C/C=C\C/C=C\C/C=C\C/C=C\C/C=C\CCC(=O)OC(COC(=O)CCCCCCCC/C=C\C/C=C\C/C=C\C/C=C\CC)COC(=O)CCCCCCCCCCCCCCC/C=C\CCCCCCCCCC. The molecular formula is C75H124O6. The van der Waals surface area contributed by atoms with E-state index in [1.807, 2.05) is 6.08 Å². The van der Waals surface area contributed by atoms with Crippen LogP contribution in [0, 0.1) is 0 Å². The molecule has 0 bridgehead atoms. The van der Waals surface area contributed by atoms with E-state index in [-0.39, 0.29) is 31.6 Å². The molecule has 0 aromatic rings. The van der Waals surface area contributed by atoms with Crippen molar-refractivity contribution in [1.29, 1.82) is 0 Å². The van der Waals surface area contributed by atoms with Gasteiger partial charge in [-0.2, -0.15) is 0 Å². The number of unbranched alkanes of at least 4 members (excludes halogenated alkanes) is 27. The number of allylic oxidation sites excluding steroid dienone is 22. The summed E-state index contributed by atoms with van der Waals surface area (Å²) in [6.45, 7) is 6.36. The zero-order valence-electron chi connectivity index (χ0n) is 52.8. The van der Waals surface area contributed by atoms with Gasteiger partial charge in [-0.3, -0.25) is 14.4 Å². The number of hydrogen-bond donors (Lipinski definition) is 0. The van der Waals surface area contributed by atoms with Gasteiger partial charge in [0.15, 0.2) is 6.10 Å². The van der Waals surface area contributed by atoms with E-state index in [9.17, 15) is 14.4 Å². The van der Waals surface area contributed by atoms with E-state index in [1.165, 1.54) is 141 Å². The molecule has 6 nitrogen and oxygen atoms in total. The van der Waals surface area contributed by atoms with E-state index < -0.39 is 12.1 Å². The molecule has 460 valence electrons. The van der Waals surface area contributed by atoms with Crippen LogP contribution in [-0.2, 0) is 28.6 Å². The van der Waals surface area contributed by atoms with Crippen LogP contribution in [0.1, 0.15) is 303 Å². The van der Waals surface area contributed by atoms with E-state index in [0.717, 1.165) is 116 Å². The highest BCUT2D eigenvalue weighted by atomic mass is 16.6. The zero-order valence-corrected chi connectivity index (χ0v) is 52.8. The van der Waals surface area contributed by atoms with E-state index >= 15 is 0 Å².